The van der Waals surface area contributed by atoms with Crippen molar-refractivity contribution in [3.05, 3.63) is 12.3 Å². The van der Waals surface area contributed by atoms with E-state index in [1.807, 2.05) is 31.9 Å². The van der Waals surface area contributed by atoms with Crippen LogP contribution in [0.15, 0.2) is 12.3 Å². The number of hydrogen-bond donors (Lipinski definition) is 1. The summed E-state index contributed by atoms with van der Waals surface area (Å²) in [7, 11) is -9.03. The fourth-order valence-corrected chi connectivity index (χ4v) is 17.9. The molecule has 0 aliphatic heterocycles. The molecule has 0 aromatic carbocycles. The Morgan fingerprint density at radius 2 is 1.17 bits per heavy atom. The van der Waals surface area contributed by atoms with Crippen LogP contribution in [0, 0.1) is 0 Å². The molecule has 0 fully saturated rings. The van der Waals surface area contributed by atoms with Crippen LogP contribution in [0.1, 0.15) is 0 Å². The van der Waals surface area contributed by atoms with Gasteiger partial charge in [-0.05, 0) is 52.4 Å². The summed E-state index contributed by atoms with van der Waals surface area (Å²) < 4.78 is 18.0. The predicted octanol–water partition coefficient (Wildman–Crippen LogP) is 3.06. The Labute approximate surface area is 116 Å². The van der Waals surface area contributed by atoms with Crippen molar-refractivity contribution < 1.29 is 17.1 Å². The van der Waals surface area contributed by atoms with Crippen LogP contribution in [-0.4, -0.2) is 38.8 Å². The normalized spacial score (nSPS) is 14.7. The van der Waals surface area contributed by atoms with Crippen LogP contribution in [0.4, 0.5) is 0 Å². The van der Waals surface area contributed by atoms with Gasteiger partial charge in [0.05, 0.1) is 0 Å². The monoisotopic (exact) mass is 324 g/mol. The average molecular weight is 325 g/mol. The van der Waals surface area contributed by atoms with E-state index < -0.39 is 34.0 Å². The van der Waals surface area contributed by atoms with Crippen molar-refractivity contribution in [2.24, 2.45) is 0 Å². The highest BCUT2D eigenvalue weighted by atomic mass is 28.5. The largest absolute Gasteiger partial charge is 0.433 e. The molecule has 4 nitrogen and oxygen atoms in total. The summed E-state index contributed by atoms with van der Waals surface area (Å²) in [5.74, 6) is 0. The van der Waals surface area contributed by atoms with Crippen LogP contribution < -0.4 is 0 Å². The van der Waals surface area contributed by atoms with E-state index in [1.165, 1.54) is 0 Å². The third kappa shape index (κ3) is 8.53. The van der Waals surface area contributed by atoms with Crippen molar-refractivity contribution in [2.75, 3.05) is 0 Å². The quantitative estimate of drug-likeness (QED) is 0.731. The Morgan fingerprint density at radius 3 is 1.50 bits per heavy atom. The lowest BCUT2D eigenvalue weighted by Crippen LogP contribution is -2.56. The van der Waals surface area contributed by atoms with E-state index in [2.05, 4.69) is 19.7 Å². The summed E-state index contributed by atoms with van der Waals surface area (Å²) in [6.45, 7) is 19.5. The third-order valence-corrected chi connectivity index (χ3v) is 14.9. The van der Waals surface area contributed by atoms with E-state index in [9.17, 15) is 4.80 Å². The zero-order valence-electron chi connectivity index (χ0n) is 13.0. The summed E-state index contributed by atoms with van der Waals surface area (Å²) in [6, 6.07) is 0. The molecule has 0 radical (unpaired) electrons. The molecule has 0 amide bonds. The SMILES string of the molecule is C=C[Si](C)(C)O[Si](C)(C)O[Si](C)(C)O[Si](C)(C)O. The van der Waals surface area contributed by atoms with Crippen molar-refractivity contribution in [2.45, 2.75) is 52.4 Å². The first-order valence-electron chi connectivity index (χ1n) is 6.15. The summed E-state index contributed by atoms with van der Waals surface area (Å²) in [5, 5.41) is 0. The molecule has 0 aliphatic carbocycles. The average Bonchev–Trinajstić information content (AvgIpc) is 1.93. The Hall–Kier alpha value is 0.448. The lowest BCUT2D eigenvalue weighted by atomic mass is 11.3. The molecule has 0 bridgehead atoms. The molecular weight excluding hydrogens is 296 g/mol. The lowest BCUT2D eigenvalue weighted by Gasteiger charge is -2.38. The van der Waals surface area contributed by atoms with Crippen molar-refractivity contribution in [1.29, 1.82) is 0 Å². The van der Waals surface area contributed by atoms with Gasteiger partial charge in [0.2, 0.25) is 0 Å². The Balaban J connectivity index is 4.70. The first kappa shape index (κ1) is 18.4. The van der Waals surface area contributed by atoms with Gasteiger partial charge < -0.3 is 17.1 Å². The van der Waals surface area contributed by atoms with Crippen LogP contribution in [0.25, 0.3) is 0 Å². The fourth-order valence-electron chi connectivity index (χ4n) is 1.91. The molecule has 0 unspecified atom stereocenters. The van der Waals surface area contributed by atoms with Gasteiger partial charge in [0.25, 0.3) is 0 Å². The maximum absolute atomic E-state index is 9.87. The second-order valence-corrected chi connectivity index (χ2v) is 20.9. The molecule has 18 heavy (non-hydrogen) atoms. The minimum atomic E-state index is -2.56. The maximum Gasteiger partial charge on any atom is 0.320 e. The third-order valence-electron chi connectivity index (χ3n) is 1.99. The van der Waals surface area contributed by atoms with Crippen LogP contribution in [0.5, 0.6) is 0 Å². The van der Waals surface area contributed by atoms with E-state index in [0.717, 1.165) is 0 Å². The number of hydrogen-bond acceptors (Lipinski definition) is 4. The molecule has 108 valence electrons. The lowest BCUT2D eigenvalue weighted by molar-refractivity contribution is 0.297. The topological polar surface area (TPSA) is 47.9 Å². The molecule has 0 aromatic rings. The zero-order valence-corrected chi connectivity index (χ0v) is 17.0. The van der Waals surface area contributed by atoms with Gasteiger partial charge in [0.15, 0.2) is 8.32 Å². The highest BCUT2D eigenvalue weighted by molar-refractivity contribution is 6.89. The Kier molecular flexibility index (Phi) is 5.98. The van der Waals surface area contributed by atoms with Gasteiger partial charge in [-0.2, -0.15) is 0 Å². The molecule has 1 N–H and O–H groups in total. The molecule has 0 spiro atoms. The summed E-state index contributed by atoms with van der Waals surface area (Å²) in [5.41, 5.74) is 1.91. The van der Waals surface area contributed by atoms with Crippen LogP contribution in [0.3, 0.4) is 0 Å². The van der Waals surface area contributed by atoms with Gasteiger partial charge >= 0.3 is 25.7 Å². The minimum Gasteiger partial charge on any atom is -0.433 e. The smallest absolute Gasteiger partial charge is 0.320 e. The molecule has 0 saturated heterocycles. The Bertz CT molecular complexity index is 297. The second kappa shape index (κ2) is 5.83. The van der Waals surface area contributed by atoms with Crippen molar-refractivity contribution in [1.82, 2.24) is 0 Å². The molecule has 0 aliphatic rings. The first-order valence-corrected chi connectivity index (χ1v) is 17.6. The molecule has 0 atom stereocenters. The minimum absolute atomic E-state index is 1.75. The van der Waals surface area contributed by atoms with E-state index >= 15 is 0 Å². The van der Waals surface area contributed by atoms with Gasteiger partial charge in [0, 0.05) is 0 Å². The van der Waals surface area contributed by atoms with E-state index in [-0.39, 0.29) is 0 Å². The van der Waals surface area contributed by atoms with Gasteiger partial charge in [-0.3, -0.25) is 0 Å². The summed E-state index contributed by atoms with van der Waals surface area (Å²) >= 11 is 0. The van der Waals surface area contributed by atoms with E-state index in [0.29, 0.717) is 0 Å². The fraction of sp³-hybridized carbons (Fsp3) is 0.800. The highest BCUT2D eigenvalue weighted by Crippen LogP contribution is 2.23. The number of rotatable bonds is 7. The zero-order chi connectivity index (χ0) is 14.8. The Morgan fingerprint density at radius 1 is 0.778 bits per heavy atom. The first-order chi connectivity index (χ1) is 7.68. The second-order valence-electron chi connectivity index (χ2n) is 6.36. The van der Waals surface area contributed by atoms with Gasteiger partial charge in [0.1, 0.15) is 0 Å². The summed E-state index contributed by atoms with van der Waals surface area (Å²) in [4.78, 5) is 9.87. The maximum atomic E-state index is 9.87. The van der Waals surface area contributed by atoms with Gasteiger partial charge in [-0.25, -0.2) is 0 Å². The molecule has 0 rings (SSSR count). The molecule has 0 saturated carbocycles. The predicted molar refractivity (Wildman–Crippen MR) is 85.6 cm³/mol. The standard InChI is InChI=1S/C10H28O4Si4/c1-10-15(2,3)12-17(6,7)14-18(8,9)13-16(4,5)11/h10-11H,1H2,2-9H3. The summed E-state index contributed by atoms with van der Waals surface area (Å²) in [6.07, 6.45) is 0. The van der Waals surface area contributed by atoms with Crippen LogP contribution in [0.2, 0.25) is 52.4 Å². The van der Waals surface area contributed by atoms with Gasteiger partial charge in [-0.15, -0.1) is 6.58 Å². The molecular formula is C10H28O4Si4. The van der Waals surface area contributed by atoms with Gasteiger partial charge in [-0.1, -0.05) is 5.70 Å². The molecule has 0 aromatic heterocycles. The van der Waals surface area contributed by atoms with Crippen molar-refractivity contribution in [3.8, 4) is 0 Å². The van der Waals surface area contributed by atoms with E-state index in [4.69, 9.17) is 12.3 Å². The molecule has 0 heterocycles. The van der Waals surface area contributed by atoms with Crippen LogP contribution >= 0.6 is 0 Å². The van der Waals surface area contributed by atoms with Crippen molar-refractivity contribution >= 4 is 34.0 Å². The van der Waals surface area contributed by atoms with E-state index in [1.54, 1.807) is 13.1 Å². The highest BCUT2D eigenvalue weighted by Gasteiger charge is 2.42. The van der Waals surface area contributed by atoms with Crippen molar-refractivity contribution in [3.63, 3.8) is 0 Å². The molecule has 8 heteroatoms. The van der Waals surface area contributed by atoms with Crippen LogP contribution in [-0.2, 0) is 12.3 Å².